The van der Waals surface area contributed by atoms with Crippen molar-refractivity contribution in [2.75, 3.05) is 31.5 Å². The first-order valence-electron chi connectivity index (χ1n) is 8.74. The zero-order valence-electron chi connectivity index (χ0n) is 14.0. The molecule has 0 spiro atoms. The number of aromatic nitrogens is 1. The van der Waals surface area contributed by atoms with Gasteiger partial charge in [0, 0.05) is 37.3 Å². The highest BCUT2D eigenvalue weighted by atomic mass is 16.3. The summed E-state index contributed by atoms with van der Waals surface area (Å²) >= 11 is 0. The predicted molar refractivity (Wildman–Crippen MR) is 92.8 cm³/mol. The minimum Gasteiger partial charge on any atom is -0.462 e. The normalized spacial score (nSPS) is 23.9. The van der Waals surface area contributed by atoms with Crippen molar-refractivity contribution < 1.29 is 9.21 Å². The summed E-state index contributed by atoms with van der Waals surface area (Å²) in [6.45, 7) is 2.77. The Labute approximate surface area is 146 Å². The number of hydrogen-bond acceptors (Lipinski definition) is 6. The molecular weight excluding hydrogens is 318 g/mol. The smallest absolute Gasteiger partial charge is 0.237 e. The SMILES string of the molecule is N#CC1CCCN1C(=O)CN1CC[C@H](Nc2cncc3ccoc23)C1. The summed E-state index contributed by atoms with van der Waals surface area (Å²) in [5, 5.41) is 13.6. The third-order valence-corrected chi connectivity index (χ3v) is 5.07. The van der Waals surface area contributed by atoms with Crippen LogP contribution in [-0.4, -0.2) is 59.0 Å². The minimum absolute atomic E-state index is 0.0690. The maximum atomic E-state index is 12.5. The number of pyridine rings is 1. The van der Waals surface area contributed by atoms with E-state index in [-0.39, 0.29) is 18.0 Å². The van der Waals surface area contributed by atoms with Gasteiger partial charge in [-0.15, -0.1) is 0 Å². The molecule has 0 bridgehead atoms. The van der Waals surface area contributed by atoms with Gasteiger partial charge < -0.3 is 14.6 Å². The fraction of sp³-hybridized carbons (Fsp3) is 0.500. The number of carbonyl (C=O) groups excluding carboxylic acids is 1. The van der Waals surface area contributed by atoms with E-state index in [0.717, 1.165) is 49.0 Å². The summed E-state index contributed by atoms with van der Waals surface area (Å²) in [4.78, 5) is 20.6. The summed E-state index contributed by atoms with van der Waals surface area (Å²) in [6.07, 6.45) is 7.92. The number of rotatable bonds is 4. The number of fused-ring (bicyclic) bond motifs is 1. The Hall–Kier alpha value is -2.59. The van der Waals surface area contributed by atoms with Gasteiger partial charge in [-0.3, -0.25) is 14.7 Å². The standard InChI is InChI=1S/C18H21N5O2/c19-8-15-2-1-5-23(15)17(24)12-22-6-3-14(11-22)21-16-10-20-9-13-4-7-25-18(13)16/h4,7,9-10,14-15,21H,1-3,5-6,11-12H2/t14-,15?/m0/s1. The van der Waals surface area contributed by atoms with Crippen LogP contribution in [-0.2, 0) is 4.79 Å². The molecule has 2 aliphatic rings. The van der Waals surface area contributed by atoms with Gasteiger partial charge in [0.1, 0.15) is 6.04 Å². The van der Waals surface area contributed by atoms with Crippen molar-refractivity contribution in [3.05, 3.63) is 24.7 Å². The lowest BCUT2D eigenvalue weighted by Gasteiger charge is -2.23. The molecule has 2 atom stereocenters. The molecule has 0 radical (unpaired) electrons. The van der Waals surface area contributed by atoms with Crippen molar-refractivity contribution >= 4 is 22.6 Å². The van der Waals surface area contributed by atoms with Gasteiger partial charge in [0.15, 0.2) is 5.58 Å². The number of anilines is 1. The second-order valence-electron chi connectivity index (χ2n) is 6.77. The Morgan fingerprint density at radius 3 is 3.20 bits per heavy atom. The van der Waals surface area contributed by atoms with Crippen LogP contribution >= 0.6 is 0 Å². The number of hydrogen-bond donors (Lipinski definition) is 1. The van der Waals surface area contributed by atoms with Crippen LogP contribution < -0.4 is 5.32 Å². The van der Waals surface area contributed by atoms with E-state index in [1.54, 1.807) is 23.6 Å². The first-order chi connectivity index (χ1) is 12.2. The van der Waals surface area contributed by atoms with Gasteiger partial charge in [0.2, 0.25) is 5.91 Å². The van der Waals surface area contributed by atoms with Gasteiger partial charge in [-0.1, -0.05) is 0 Å². The monoisotopic (exact) mass is 339 g/mol. The number of furan rings is 1. The summed E-state index contributed by atoms with van der Waals surface area (Å²) in [5.74, 6) is 0.0690. The highest BCUT2D eigenvalue weighted by Crippen LogP contribution is 2.25. The first kappa shape index (κ1) is 15.9. The van der Waals surface area contributed by atoms with Crippen molar-refractivity contribution in [3.8, 4) is 6.07 Å². The Kier molecular flexibility index (Phi) is 4.28. The molecule has 2 aromatic heterocycles. The Balaban J connectivity index is 1.35. The van der Waals surface area contributed by atoms with Crippen LogP contribution in [0.5, 0.6) is 0 Å². The van der Waals surface area contributed by atoms with E-state index in [1.165, 1.54) is 0 Å². The maximum Gasteiger partial charge on any atom is 0.237 e. The Morgan fingerprint density at radius 1 is 1.40 bits per heavy atom. The van der Waals surface area contributed by atoms with Gasteiger partial charge >= 0.3 is 0 Å². The van der Waals surface area contributed by atoms with E-state index < -0.39 is 0 Å². The summed E-state index contributed by atoms with van der Waals surface area (Å²) in [6, 6.07) is 4.15. The first-order valence-corrected chi connectivity index (χ1v) is 8.74. The summed E-state index contributed by atoms with van der Waals surface area (Å²) in [5.41, 5.74) is 1.71. The van der Waals surface area contributed by atoms with E-state index in [4.69, 9.17) is 9.68 Å². The van der Waals surface area contributed by atoms with Gasteiger partial charge in [-0.2, -0.15) is 5.26 Å². The molecule has 0 aromatic carbocycles. The number of carbonyl (C=O) groups is 1. The van der Waals surface area contributed by atoms with E-state index in [1.807, 2.05) is 6.07 Å². The van der Waals surface area contributed by atoms with Crippen LogP contribution in [0, 0.1) is 11.3 Å². The van der Waals surface area contributed by atoms with Crippen molar-refractivity contribution in [3.63, 3.8) is 0 Å². The number of nitrogens with zero attached hydrogens (tertiary/aromatic N) is 4. The third-order valence-electron chi connectivity index (χ3n) is 5.07. The van der Waals surface area contributed by atoms with Crippen LogP contribution in [0.3, 0.4) is 0 Å². The number of nitrogens with one attached hydrogen (secondary N) is 1. The van der Waals surface area contributed by atoms with Crippen molar-refractivity contribution in [1.29, 1.82) is 5.26 Å². The lowest BCUT2D eigenvalue weighted by Crippen LogP contribution is -2.42. The largest absolute Gasteiger partial charge is 0.462 e. The molecule has 2 aromatic rings. The zero-order chi connectivity index (χ0) is 17.2. The molecule has 2 fully saturated rings. The zero-order valence-corrected chi connectivity index (χ0v) is 14.0. The molecule has 1 unspecified atom stereocenters. The molecule has 4 rings (SSSR count). The highest BCUT2D eigenvalue weighted by molar-refractivity contribution is 5.87. The molecule has 7 nitrogen and oxygen atoms in total. The fourth-order valence-corrected chi connectivity index (χ4v) is 3.79. The molecule has 0 saturated carbocycles. The van der Waals surface area contributed by atoms with Crippen LogP contribution in [0.15, 0.2) is 29.1 Å². The van der Waals surface area contributed by atoms with Gasteiger partial charge in [0.25, 0.3) is 0 Å². The molecular formula is C18H21N5O2. The third kappa shape index (κ3) is 3.17. The second kappa shape index (κ2) is 6.73. The molecule has 2 aliphatic heterocycles. The average molecular weight is 339 g/mol. The number of amides is 1. The molecule has 0 aliphatic carbocycles. The average Bonchev–Trinajstić information content (AvgIpc) is 3.35. The number of likely N-dealkylation sites (tertiary alicyclic amines) is 2. The van der Waals surface area contributed by atoms with Crippen LogP contribution in [0.1, 0.15) is 19.3 Å². The lowest BCUT2D eigenvalue weighted by atomic mass is 10.2. The second-order valence-corrected chi connectivity index (χ2v) is 6.77. The maximum absolute atomic E-state index is 12.5. The van der Waals surface area contributed by atoms with Crippen molar-refractivity contribution in [1.82, 2.24) is 14.8 Å². The van der Waals surface area contributed by atoms with Gasteiger partial charge in [0.05, 0.1) is 30.8 Å². The number of nitriles is 1. The minimum atomic E-state index is -0.244. The van der Waals surface area contributed by atoms with E-state index in [9.17, 15) is 4.79 Å². The van der Waals surface area contributed by atoms with Gasteiger partial charge in [-0.05, 0) is 25.3 Å². The molecule has 1 N–H and O–H groups in total. The molecule has 4 heterocycles. The molecule has 130 valence electrons. The molecule has 7 heteroatoms. The molecule has 25 heavy (non-hydrogen) atoms. The molecule has 2 saturated heterocycles. The molecule has 1 amide bonds. The van der Waals surface area contributed by atoms with Crippen LogP contribution in [0.25, 0.3) is 11.0 Å². The van der Waals surface area contributed by atoms with Crippen molar-refractivity contribution in [2.45, 2.75) is 31.3 Å². The predicted octanol–water partition coefficient (Wildman–Crippen LogP) is 1.83. The van der Waals surface area contributed by atoms with E-state index in [0.29, 0.717) is 13.1 Å². The Bertz CT molecular complexity index is 811. The lowest BCUT2D eigenvalue weighted by molar-refractivity contribution is -0.132. The summed E-state index contributed by atoms with van der Waals surface area (Å²) in [7, 11) is 0. The van der Waals surface area contributed by atoms with Crippen LogP contribution in [0.4, 0.5) is 5.69 Å². The van der Waals surface area contributed by atoms with E-state index >= 15 is 0 Å². The van der Waals surface area contributed by atoms with Crippen molar-refractivity contribution in [2.24, 2.45) is 0 Å². The fourth-order valence-electron chi connectivity index (χ4n) is 3.79. The highest BCUT2D eigenvalue weighted by Gasteiger charge is 2.31. The quantitative estimate of drug-likeness (QED) is 0.915. The Morgan fingerprint density at radius 2 is 2.32 bits per heavy atom. The van der Waals surface area contributed by atoms with Gasteiger partial charge in [-0.25, -0.2) is 0 Å². The van der Waals surface area contributed by atoms with Crippen LogP contribution in [0.2, 0.25) is 0 Å². The van der Waals surface area contributed by atoms with E-state index in [2.05, 4.69) is 21.3 Å². The topological polar surface area (TPSA) is 85.4 Å². The summed E-state index contributed by atoms with van der Waals surface area (Å²) < 4.78 is 5.53.